The smallest absolute Gasteiger partial charge is 0.347 e. The van der Waals surface area contributed by atoms with Crippen molar-refractivity contribution in [3.63, 3.8) is 0 Å². The molecule has 3 aromatic rings. The van der Waals surface area contributed by atoms with Crippen molar-refractivity contribution in [2.24, 2.45) is 0 Å². The van der Waals surface area contributed by atoms with E-state index in [1.807, 2.05) is 0 Å². The van der Waals surface area contributed by atoms with E-state index in [1.54, 1.807) is 30.3 Å². The van der Waals surface area contributed by atoms with Gasteiger partial charge < -0.3 is 9.52 Å². The molecule has 0 radical (unpaired) electrons. The largest absolute Gasteiger partial charge is 0.506 e. The Bertz CT molecular complexity index is 921. The van der Waals surface area contributed by atoms with Crippen molar-refractivity contribution >= 4 is 58.7 Å². The van der Waals surface area contributed by atoms with Crippen molar-refractivity contribution in [3.05, 3.63) is 54.2 Å². The first-order chi connectivity index (χ1) is 9.95. The van der Waals surface area contributed by atoms with E-state index in [1.165, 1.54) is 0 Å². The van der Waals surface area contributed by atoms with E-state index < -0.39 is 5.63 Å². The molecule has 106 valence electrons. The molecule has 0 bridgehead atoms. The summed E-state index contributed by atoms with van der Waals surface area (Å²) in [4.78, 5) is 16.4. The second kappa shape index (κ2) is 5.55. The maximum absolute atomic E-state index is 12.1. The zero-order valence-electron chi connectivity index (χ0n) is 10.2. The average molecular weight is 476 g/mol. The molecule has 0 fully saturated rings. The number of halogens is 3. The molecule has 0 aliphatic carbocycles. The zero-order valence-corrected chi connectivity index (χ0v) is 15.0. The number of phenols is 1. The number of hydrogen-bond acceptors (Lipinski definition) is 4. The molecule has 0 spiro atoms. The summed E-state index contributed by atoms with van der Waals surface area (Å²) in [6, 6.07) is 8.47. The van der Waals surface area contributed by atoms with Crippen LogP contribution < -0.4 is 5.63 Å². The Morgan fingerprint density at radius 1 is 1.05 bits per heavy atom. The van der Waals surface area contributed by atoms with Crippen LogP contribution in [0.4, 0.5) is 0 Å². The number of rotatable bonds is 1. The summed E-state index contributed by atoms with van der Waals surface area (Å²) in [6.07, 6.45) is 0. The maximum Gasteiger partial charge on any atom is 0.347 e. The van der Waals surface area contributed by atoms with E-state index in [-0.39, 0.29) is 11.6 Å². The summed E-state index contributed by atoms with van der Waals surface area (Å²) >= 11 is 9.87. The Labute approximate surface area is 144 Å². The molecule has 0 saturated heterocycles. The maximum atomic E-state index is 12.1. The standard InChI is InChI=1S/C14H6Br3NO3/c15-6-1-2-11-8(3-6)14(20)21-13(18-11)9-4-7(16)5-10(17)12(9)19/h1-5,19H. The first-order valence-corrected chi connectivity index (χ1v) is 8.12. The van der Waals surface area contributed by atoms with Gasteiger partial charge in [0, 0.05) is 8.95 Å². The van der Waals surface area contributed by atoms with Crippen LogP contribution in [0.2, 0.25) is 0 Å². The molecule has 4 nitrogen and oxygen atoms in total. The average Bonchev–Trinajstić information content (AvgIpc) is 2.43. The van der Waals surface area contributed by atoms with Gasteiger partial charge in [0.1, 0.15) is 5.75 Å². The second-order valence-corrected chi connectivity index (χ2v) is 6.94. The van der Waals surface area contributed by atoms with Gasteiger partial charge in [0.2, 0.25) is 5.89 Å². The molecule has 0 atom stereocenters. The number of benzene rings is 2. The van der Waals surface area contributed by atoms with E-state index in [0.29, 0.717) is 20.9 Å². The fraction of sp³-hybridized carbons (Fsp3) is 0. The Hall–Kier alpha value is -1.18. The summed E-state index contributed by atoms with van der Waals surface area (Å²) in [5, 5.41) is 10.5. The quantitative estimate of drug-likeness (QED) is 0.546. The van der Waals surface area contributed by atoms with Crippen molar-refractivity contribution in [2.75, 3.05) is 0 Å². The van der Waals surface area contributed by atoms with Gasteiger partial charge in [0.25, 0.3) is 0 Å². The Balaban J connectivity index is 2.32. The molecule has 0 aliphatic rings. The molecule has 0 unspecified atom stereocenters. The fourth-order valence-electron chi connectivity index (χ4n) is 1.89. The minimum atomic E-state index is -0.508. The number of phenolic OH excluding ortho intramolecular Hbond substituents is 1. The molecule has 1 aromatic heterocycles. The predicted octanol–water partition coefficient (Wildman–Crippen LogP) is 4.85. The molecule has 3 rings (SSSR count). The Morgan fingerprint density at radius 3 is 2.57 bits per heavy atom. The zero-order chi connectivity index (χ0) is 15.1. The van der Waals surface area contributed by atoms with Crippen LogP contribution >= 0.6 is 47.8 Å². The minimum absolute atomic E-state index is 0.0367. The van der Waals surface area contributed by atoms with Crippen LogP contribution in [0.15, 0.2) is 53.0 Å². The Morgan fingerprint density at radius 2 is 1.81 bits per heavy atom. The molecule has 0 saturated carbocycles. The highest BCUT2D eigenvalue weighted by atomic mass is 79.9. The first-order valence-electron chi connectivity index (χ1n) is 5.74. The van der Waals surface area contributed by atoms with Gasteiger partial charge in [-0.1, -0.05) is 31.9 Å². The van der Waals surface area contributed by atoms with Crippen molar-refractivity contribution < 1.29 is 9.52 Å². The molecule has 1 N–H and O–H groups in total. The van der Waals surface area contributed by atoms with E-state index >= 15 is 0 Å². The summed E-state index contributed by atoms with van der Waals surface area (Å²) in [5.41, 5.74) is 0.324. The third-order valence-electron chi connectivity index (χ3n) is 2.85. The SMILES string of the molecule is O=c1oc(-c2cc(Br)cc(Br)c2O)nc2ccc(Br)cc12. The van der Waals surface area contributed by atoms with Gasteiger partial charge in [0.05, 0.1) is 20.9 Å². The van der Waals surface area contributed by atoms with Gasteiger partial charge in [-0.3, -0.25) is 0 Å². The van der Waals surface area contributed by atoms with E-state index in [0.717, 1.165) is 8.95 Å². The van der Waals surface area contributed by atoms with Crippen LogP contribution in [0.3, 0.4) is 0 Å². The second-order valence-electron chi connectivity index (χ2n) is 4.25. The Kier molecular flexibility index (Phi) is 3.90. The van der Waals surface area contributed by atoms with Crippen LogP contribution in [0.1, 0.15) is 0 Å². The number of aromatic nitrogens is 1. The molecule has 1 heterocycles. The monoisotopic (exact) mass is 473 g/mol. The number of fused-ring (bicyclic) bond motifs is 1. The highest BCUT2D eigenvalue weighted by Crippen LogP contribution is 2.37. The lowest BCUT2D eigenvalue weighted by Gasteiger charge is -2.06. The molecule has 21 heavy (non-hydrogen) atoms. The summed E-state index contributed by atoms with van der Waals surface area (Å²) in [7, 11) is 0. The lowest BCUT2D eigenvalue weighted by atomic mass is 10.2. The molecule has 0 amide bonds. The summed E-state index contributed by atoms with van der Waals surface area (Å²) in [5.74, 6) is 0.0274. The van der Waals surface area contributed by atoms with Crippen LogP contribution in [0.5, 0.6) is 5.75 Å². The number of aromatic hydroxyl groups is 1. The lowest BCUT2D eigenvalue weighted by Crippen LogP contribution is -2.03. The highest BCUT2D eigenvalue weighted by molar-refractivity contribution is 9.11. The fourth-order valence-corrected chi connectivity index (χ4v) is 3.47. The van der Waals surface area contributed by atoms with Gasteiger partial charge >= 0.3 is 5.63 Å². The number of nitrogens with zero attached hydrogens (tertiary/aromatic N) is 1. The van der Waals surface area contributed by atoms with Crippen molar-refractivity contribution in [3.8, 4) is 17.2 Å². The summed E-state index contributed by atoms with van der Waals surface area (Å²) in [6.45, 7) is 0. The van der Waals surface area contributed by atoms with Gasteiger partial charge in [0.15, 0.2) is 0 Å². The topological polar surface area (TPSA) is 63.3 Å². The van der Waals surface area contributed by atoms with Crippen LogP contribution in [-0.2, 0) is 0 Å². The third-order valence-corrected chi connectivity index (χ3v) is 4.40. The van der Waals surface area contributed by atoms with E-state index in [2.05, 4.69) is 52.8 Å². The van der Waals surface area contributed by atoms with Crippen LogP contribution in [-0.4, -0.2) is 10.1 Å². The highest BCUT2D eigenvalue weighted by Gasteiger charge is 2.15. The van der Waals surface area contributed by atoms with Gasteiger partial charge in [-0.15, -0.1) is 0 Å². The van der Waals surface area contributed by atoms with Crippen LogP contribution in [0.25, 0.3) is 22.4 Å². The van der Waals surface area contributed by atoms with Crippen molar-refractivity contribution in [1.82, 2.24) is 4.98 Å². The number of hydrogen-bond donors (Lipinski definition) is 1. The lowest BCUT2D eigenvalue weighted by molar-refractivity contribution is 0.465. The molecule has 7 heteroatoms. The van der Waals surface area contributed by atoms with Crippen molar-refractivity contribution in [2.45, 2.75) is 0 Å². The minimum Gasteiger partial charge on any atom is -0.506 e. The van der Waals surface area contributed by atoms with E-state index in [4.69, 9.17) is 4.42 Å². The third kappa shape index (κ3) is 2.77. The predicted molar refractivity (Wildman–Crippen MR) is 90.5 cm³/mol. The van der Waals surface area contributed by atoms with Crippen molar-refractivity contribution in [1.29, 1.82) is 0 Å². The molecule has 2 aromatic carbocycles. The van der Waals surface area contributed by atoms with E-state index in [9.17, 15) is 9.90 Å². The molecular weight excluding hydrogens is 470 g/mol. The summed E-state index contributed by atoms with van der Waals surface area (Å²) < 4.78 is 7.21. The van der Waals surface area contributed by atoms with Gasteiger partial charge in [-0.25, -0.2) is 9.78 Å². The van der Waals surface area contributed by atoms with Crippen LogP contribution in [0, 0.1) is 0 Å². The normalized spacial score (nSPS) is 11.0. The molecule has 0 aliphatic heterocycles. The first kappa shape index (κ1) is 14.7. The van der Waals surface area contributed by atoms with Gasteiger partial charge in [-0.05, 0) is 46.3 Å². The van der Waals surface area contributed by atoms with Gasteiger partial charge in [-0.2, -0.15) is 0 Å². The molecular formula is C14H6Br3NO3.